The Morgan fingerprint density at radius 2 is 2.25 bits per heavy atom. The number of likely N-dealkylation sites (N-methyl/N-ethyl adjacent to an activating group) is 1. The van der Waals surface area contributed by atoms with Crippen LogP contribution in [0.5, 0.6) is 0 Å². The maximum atomic E-state index is 13.5. The largest absolute Gasteiger partial charge is 0.367 e. The van der Waals surface area contributed by atoms with E-state index in [-0.39, 0.29) is 11.6 Å². The lowest BCUT2D eigenvalue weighted by Crippen LogP contribution is -2.32. The van der Waals surface area contributed by atoms with Gasteiger partial charge in [0, 0.05) is 25.2 Å². The van der Waals surface area contributed by atoms with Gasteiger partial charge in [0.1, 0.15) is 11.6 Å². The van der Waals surface area contributed by atoms with E-state index in [0.717, 1.165) is 32.1 Å². The highest BCUT2D eigenvalue weighted by atomic mass is 19.1. The van der Waals surface area contributed by atoms with E-state index >= 15 is 0 Å². The smallest absolute Gasteiger partial charge is 0.146 e. The third-order valence-electron chi connectivity index (χ3n) is 2.93. The zero-order chi connectivity index (χ0) is 11.5. The van der Waals surface area contributed by atoms with Crippen molar-refractivity contribution < 1.29 is 8.78 Å². The SMILES string of the molecule is CCNC1CCN(c2cc(F)ccc2F)C1. The number of hydrogen-bond donors (Lipinski definition) is 1. The third kappa shape index (κ3) is 2.32. The molecule has 1 heterocycles. The van der Waals surface area contributed by atoms with Gasteiger partial charge < -0.3 is 10.2 Å². The van der Waals surface area contributed by atoms with Gasteiger partial charge in [-0.3, -0.25) is 0 Å². The maximum absolute atomic E-state index is 13.5. The van der Waals surface area contributed by atoms with Gasteiger partial charge in [-0.1, -0.05) is 6.92 Å². The van der Waals surface area contributed by atoms with Crippen molar-refractivity contribution >= 4 is 5.69 Å². The molecule has 0 aromatic heterocycles. The number of hydrogen-bond acceptors (Lipinski definition) is 2. The molecule has 1 fully saturated rings. The van der Waals surface area contributed by atoms with Crippen LogP contribution in [0, 0.1) is 11.6 Å². The van der Waals surface area contributed by atoms with Gasteiger partial charge in [-0.15, -0.1) is 0 Å². The molecule has 0 amide bonds. The molecular formula is C12H16F2N2. The fraction of sp³-hybridized carbons (Fsp3) is 0.500. The molecule has 0 bridgehead atoms. The first-order valence-corrected chi connectivity index (χ1v) is 5.64. The molecule has 1 aromatic rings. The molecule has 1 atom stereocenters. The number of benzene rings is 1. The maximum Gasteiger partial charge on any atom is 0.146 e. The monoisotopic (exact) mass is 226 g/mol. The third-order valence-corrected chi connectivity index (χ3v) is 2.93. The van der Waals surface area contributed by atoms with Gasteiger partial charge in [0.15, 0.2) is 0 Å². The summed E-state index contributed by atoms with van der Waals surface area (Å²) in [5.74, 6) is -0.734. The Kier molecular flexibility index (Phi) is 3.39. The Bertz CT molecular complexity index is 368. The Hall–Kier alpha value is -1.16. The first-order valence-electron chi connectivity index (χ1n) is 5.64. The van der Waals surface area contributed by atoms with Gasteiger partial charge in [0.25, 0.3) is 0 Å². The molecule has 2 nitrogen and oxygen atoms in total. The van der Waals surface area contributed by atoms with Crippen LogP contribution >= 0.6 is 0 Å². The highest BCUT2D eigenvalue weighted by molar-refractivity contribution is 5.49. The highest BCUT2D eigenvalue weighted by Crippen LogP contribution is 2.24. The van der Waals surface area contributed by atoms with Gasteiger partial charge in [0.05, 0.1) is 5.69 Å². The van der Waals surface area contributed by atoms with Crippen LogP contribution in [0.3, 0.4) is 0 Å². The summed E-state index contributed by atoms with van der Waals surface area (Å²) < 4.78 is 26.5. The zero-order valence-electron chi connectivity index (χ0n) is 9.34. The van der Waals surface area contributed by atoms with Crippen LogP contribution < -0.4 is 10.2 Å². The molecule has 0 spiro atoms. The Morgan fingerprint density at radius 3 is 3.00 bits per heavy atom. The van der Waals surface area contributed by atoms with E-state index in [9.17, 15) is 8.78 Å². The normalized spacial score (nSPS) is 20.4. The van der Waals surface area contributed by atoms with Crippen molar-refractivity contribution in [1.29, 1.82) is 0 Å². The van der Waals surface area contributed by atoms with Crippen molar-refractivity contribution in [2.75, 3.05) is 24.5 Å². The Morgan fingerprint density at radius 1 is 1.44 bits per heavy atom. The van der Waals surface area contributed by atoms with Gasteiger partial charge in [0.2, 0.25) is 0 Å². The summed E-state index contributed by atoms with van der Waals surface area (Å²) in [6.07, 6.45) is 0.976. The van der Waals surface area contributed by atoms with E-state index in [2.05, 4.69) is 5.32 Å². The summed E-state index contributed by atoms with van der Waals surface area (Å²) in [6.45, 7) is 4.47. The van der Waals surface area contributed by atoms with Crippen LogP contribution in [0.25, 0.3) is 0 Å². The number of rotatable bonds is 3. The lowest BCUT2D eigenvalue weighted by atomic mass is 10.2. The molecule has 1 saturated heterocycles. The van der Waals surface area contributed by atoms with Crippen LogP contribution in [0.4, 0.5) is 14.5 Å². The highest BCUT2D eigenvalue weighted by Gasteiger charge is 2.23. The molecule has 1 aromatic carbocycles. The Balaban J connectivity index is 2.11. The number of nitrogens with zero attached hydrogens (tertiary/aromatic N) is 1. The summed E-state index contributed by atoms with van der Waals surface area (Å²) in [7, 11) is 0. The number of anilines is 1. The average Bonchev–Trinajstić information content (AvgIpc) is 2.71. The predicted octanol–water partition coefficient (Wildman–Crippen LogP) is 2.15. The predicted molar refractivity (Wildman–Crippen MR) is 60.7 cm³/mol. The topological polar surface area (TPSA) is 15.3 Å². The molecule has 0 aliphatic carbocycles. The lowest BCUT2D eigenvalue weighted by Gasteiger charge is -2.19. The quantitative estimate of drug-likeness (QED) is 0.849. The van der Waals surface area contributed by atoms with Crippen LogP contribution in [0.15, 0.2) is 18.2 Å². The molecule has 16 heavy (non-hydrogen) atoms. The van der Waals surface area contributed by atoms with Gasteiger partial charge in [-0.25, -0.2) is 8.78 Å². The minimum atomic E-state index is -0.386. The molecule has 0 saturated carbocycles. The fourth-order valence-electron chi connectivity index (χ4n) is 2.16. The second kappa shape index (κ2) is 4.78. The summed E-state index contributed by atoms with van der Waals surface area (Å²) in [5.41, 5.74) is 0.375. The molecule has 1 aliphatic heterocycles. The molecule has 88 valence electrons. The minimum Gasteiger partial charge on any atom is -0.367 e. The van der Waals surface area contributed by atoms with Crippen LogP contribution in [0.1, 0.15) is 13.3 Å². The second-order valence-electron chi connectivity index (χ2n) is 4.09. The van der Waals surface area contributed by atoms with Gasteiger partial charge in [-0.05, 0) is 25.1 Å². The van der Waals surface area contributed by atoms with Crippen LogP contribution in [-0.2, 0) is 0 Å². The molecule has 4 heteroatoms. The van der Waals surface area contributed by atoms with E-state index in [0.29, 0.717) is 11.7 Å². The second-order valence-corrected chi connectivity index (χ2v) is 4.09. The van der Waals surface area contributed by atoms with Crippen LogP contribution in [0.2, 0.25) is 0 Å². The summed E-state index contributed by atoms with van der Waals surface area (Å²) >= 11 is 0. The fourth-order valence-corrected chi connectivity index (χ4v) is 2.16. The van der Waals surface area contributed by atoms with E-state index in [4.69, 9.17) is 0 Å². The number of nitrogens with one attached hydrogen (secondary N) is 1. The number of halogens is 2. The summed E-state index contributed by atoms with van der Waals surface area (Å²) in [4.78, 5) is 1.89. The lowest BCUT2D eigenvalue weighted by molar-refractivity contribution is 0.569. The minimum absolute atomic E-state index is 0.349. The van der Waals surface area contributed by atoms with E-state index < -0.39 is 0 Å². The van der Waals surface area contributed by atoms with Gasteiger partial charge >= 0.3 is 0 Å². The zero-order valence-corrected chi connectivity index (χ0v) is 9.34. The van der Waals surface area contributed by atoms with Crippen molar-refractivity contribution in [2.24, 2.45) is 0 Å². The van der Waals surface area contributed by atoms with Gasteiger partial charge in [-0.2, -0.15) is 0 Å². The Labute approximate surface area is 94.3 Å². The molecular weight excluding hydrogens is 210 g/mol. The molecule has 2 rings (SSSR count). The standard InChI is InChI=1S/C12H16F2N2/c1-2-15-10-5-6-16(8-10)12-7-9(13)3-4-11(12)14/h3-4,7,10,15H,2,5-6,8H2,1H3. The van der Waals surface area contributed by atoms with Crippen molar-refractivity contribution in [1.82, 2.24) is 5.32 Å². The average molecular weight is 226 g/mol. The molecule has 1 unspecified atom stereocenters. The van der Waals surface area contributed by atoms with E-state index in [1.54, 1.807) is 0 Å². The van der Waals surface area contributed by atoms with Crippen molar-refractivity contribution in [2.45, 2.75) is 19.4 Å². The summed E-state index contributed by atoms with van der Waals surface area (Å²) in [5, 5.41) is 3.32. The van der Waals surface area contributed by atoms with Crippen molar-refractivity contribution in [3.8, 4) is 0 Å². The molecule has 1 N–H and O–H groups in total. The molecule has 1 aliphatic rings. The molecule has 0 radical (unpaired) electrons. The van der Waals surface area contributed by atoms with E-state index in [1.807, 2.05) is 11.8 Å². The van der Waals surface area contributed by atoms with Crippen LogP contribution in [-0.4, -0.2) is 25.7 Å². The summed E-state index contributed by atoms with van der Waals surface area (Å²) in [6, 6.07) is 3.98. The first-order chi connectivity index (χ1) is 7.70. The van der Waals surface area contributed by atoms with Crippen molar-refractivity contribution in [3.05, 3.63) is 29.8 Å². The van der Waals surface area contributed by atoms with E-state index in [1.165, 1.54) is 12.1 Å². The van der Waals surface area contributed by atoms with Crippen molar-refractivity contribution in [3.63, 3.8) is 0 Å². The first kappa shape index (κ1) is 11.3.